The van der Waals surface area contributed by atoms with Crippen molar-refractivity contribution < 1.29 is 14.7 Å². The van der Waals surface area contributed by atoms with Crippen LogP contribution in [0.5, 0.6) is 0 Å². The maximum Gasteiger partial charge on any atom is 0.280 e. The number of nitrogens with zero attached hydrogens (tertiary/aromatic N) is 3. The second kappa shape index (κ2) is 10.4. The molecule has 0 radical (unpaired) electrons. The third-order valence-electron chi connectivity index (χ3n) is 7.00. The molecular weight excluding hydrogens is 450 g/mol. The van der Waals surface area contributed by atoms with Crippen molar-refractivity contribution in [1.82, 2.24) is 20.2 Å². The molecule has 0 aromatic carbocycles. The lowest BCUT2D eigenvalue weighted by molar-refractivity contribution is 0.0743. The Kier molecular flexibility index (Phi) is 7.52. The normalized spacial score (nSPS) is 23.2. The van der Waals surface area contributed by atoms with Gasteiger partial charge in [0.2, 0.25) is 0 Å². The van der Waals surface area contributed by atoms with E-state index in [4.69, 9.17) is 0 Å². The van der Waals surface area contributed by atoms with E-state index >= 15 is 0 Å². The average Bonchev–Trinajstić information content (AvgIpc) is 3.54. The van der Waals surface area contributed by atoms with E-state index in [1.165, 1.54) is 11.3 Å². The van der Waals surface area contributed by atoms with Crippen LogP contribution in [0.3, 0.4) is 0 Å². The molecule has 2 aromatic heterocycles. The Labute approximate surface area is 205 Å². The number of pyridine rings is 1. The highest BCUT2D eigenvalue weighted by molar-refractivity contribution is 7.17. The van der Waals surface area contributed by atoms with Crippen LogP contribution in [0.15, 0.2) is 12.3 Å². The van der Waals surface area contributed by atoms with Crippen LogP contribution >= 0.6 is 11.3 Å². The zero-order valence-corrected chi connectivity index (χ0v) is 21.2. The molecular formula is C25H35N5O3S. The molecule has 1 saturated carbocycles. The van der Waals surface area contributed by atoms with Gasteiger partial charge in [0.15, 0.2) is 5.01 Å². The Morgan fingerprint density at radius 2 is 2.09 bits per heavy atom. The van der Waals surface area contributed by atoms with Gasteiger partial charge >= 0.3 is 0 Å². The highest BCUT2D eigenvalue weighted by atomic mass is 32.1. The van der Waals surface area contributed by atoms with Gasteiger partial charge in [0.1, 0.15) is 11.5 Å². The second-order valence-corrected chi connectivity index (χ2v) is 10.6. The van der Waals surface area contributed by atoms with Crippen LogP contribution in [-0.2, 0) is 0 Å². The monoisotopic (exact) mass is 485 g/mol. The van der Waals surface area contributed by atoms with Gasteiger partial charge in [0.05, 0.1) is 17.0 Å². The predicted octanol–water partition coefficient (Wildman–Crippen LogP) is 3.99. The van der Waals surface area contributed by atoms with Crippen molar-refractivity contribution in [3.05, 3.63) is 28.5 Å². The Morgan fingerprint density at radius 3 is 2.71 bits per heavy atom. The summed E-state index contributed by atoms with van der Waals surface area (Å²) in [7, 11) is 0. The molecule has 2 amide bonds. The first-order valence-electron chi connectivity index (χ1n) is 12.3. The van der Waals surface area contributed by atoms with Crippen LogP contribution in [0.1, 0.15) is 85.2 Å². The number of aliphatic hydroxyl groups is 1. The third kappa shape index (κ3) is 5.10. The Bertz CT molecular complexity index is 1060. The van der Waals surface area contributed by atoms with E-state index in [-0.39, 0.29) is 28.9 Å². The van der Waals surface area contributed by atoms with Crippen LogP contribution < -0.4 is 10.6 Å². The van der Waals surface area contributed by atoms with Gasteiger partial charge in [-0.1, -0.05) is 6.92 Å². The number of carbonyl (C=O) groups excluding carboxylic acids is 2. The standard InChI is InChI=1S/C25H35N5O3S/c1-5-15(3)27-20-12-14(2)17(13-26-20)22-21(25(33)30-11-7-8-16(30)4)29-24(34-22)23(32)28-18-9-6-10-19(18)31/h12-13,15-16,18-19,31H,5-11H2,1-4H3,(H,26,27)(H,28,32)/t15-,16-,18-,19-/m0/s1. The van der Waals surface area contributed by atoms with Gasteiger partial charge in [0, 0.05) is 30.4 Å². The minimum atomic E-state index is -0.535. The van der Waals surface area contributed by atoms with E-state index in [2.05, 4.69) is 34.4 Å². The fourth-order valence-corrected chi connectivity index (χ4v) is 5.72. The van der Waals surface area contributed by atoms with Crippen molar-refractivity contribution in [3.8, 4) is 10.4 Å². The number of aliphatic hydroxyl groups excluding tert-OH is 1. The van der Waals surface area contributed by atoms with Crippen molar-refractivity contribution >= 4 is 29.0 Å². The molecule has 1 saturated heterocycles. The van der Waals surface area contributed by atoms with Crippen LogP contribution in [0, 0.1) is 6.92 Å². The van der Waals surface area contributed by atoms with E-state index in [0.717, 1.165) is 49.0 Å². The molecule has 0 bridgehead atoms. The van der Waals surface area contributed by atoms with Crippen LogP contribution in [0.25, 0.3) is 10.4 Å². The topological polar surface area (TPSA) is 107 Å². The molecule has 4 rings (SSSR count). The molecule has 2 aliphatic rings. The average molecular weight is 486 g/mol. The maximum absolute atomic E-state index is 13.5. The molecule has 2 aromatic rings. The molecule has 0 spiro atoms. The number of thiazole rings is 1. The molecule has 184 valence electrons. The van der Waals surface area contributed by atoms with Crippen molar-refractivity contribution in [1.29, 1.82) is 0 Å². The number of rotatable bonds is 7. The molecule has 3 heterocycles. The number of likely N-dealkylation sites (tertiary alicyclic amines) is 1. The van der Waals surface area contributed by atoms with Gasteiger partial charge in [-0.3, -0.25) is 9.59 Å². The zero-order chi connectivity index (χ0) is 24.4. The van der Waals surface area contributed by atoms with Crippen LogP contribution in [0.2, 0.25) is 0 Å². The molecule has 8 nitrogen and oxygen atoms in total. The SMILES string of the molecule is CC[C@H](C)Nc1cc(C)c(-c2sc(C(=O)N[C@H]3CCC[C@@H]3O)nc2C(=O)N2CCC[C@@H]2C)cn1. The predicted molar refractivity (Wildman–Crippen MR) is 134 cm³/mol. The van der Waals surface area contributed by atoms with Gasteiger partial charge in [0.25, 0.3) is 11.8 Å². The number of carbonyl (C=O) groups is 2. The molecule has 2 fully saturated rings. The summed E-state index contributed by atoms with van der Waals surface area (Å²) in [5.74, 6) is 0.304. The lowest BCUT2D eigenvalue weighted by Gasteiger charge is -2.21. The summed E-state index contributed by atoms with van der Waals surface area (Å²) in [5.41, 5.74) is 2.08. The molecule has 1 aliphatic heterocycles. The summed E-state index contributed by atoms with van der Waals surface area (Å²) in [6.45, 7) is 8.95. The largest absolute Gasteiger partial charge is 0.391 e. The second-order valence-electron chi connectivity index (χ2n) is 9.60. The number of hydrogen-bond acceptors (Lipinski definition) is 7. The van der Waals surface area contributed by atoms with E-state index in [1.807, 2.05) is 24.8 Å². The summed E-state index contributed by atoms with van der Waals surface area (Å²) in [4.78, 5) is 38.2. The first-order chi connectivity index (χ1) is 16.3. The lowest BCUT2D eigenvalue weighted by Crippen LogP contribution is -2.40. The highest BCUT2D eigenvalue weighted by Gasteiger charge is 2.33. The number of hydrogen-bond donors (Lipinski definition) is 3. The van der Waals surface area contributed by atoms with Gasteiger partial charge in [-0.15, -0.1) is 11.3 Å². The summed E-state index contributed by atoms with van der Waals surface area (Å²) >= 11 is 1.22. The van der Waals surface area contributed by atoms with Gasteiger partial charge in [-0.05, 0) is 70.9 Å². The zero-order valence-electron chi connectivity index (χ0n) is 20.4. The minimum absolute atomic E-state index is 0.141. The Balaban J connectivity index is 1.68. The van der Waals surface area contributed by atoms with E-state index in [0.29, 0.717) is 29.6 Å². The number of amides is 2. The third-order valence-corrected chi connectivity index (χ3v) is 8.08. The van der Waals surface area contributed by atoms with Crippen molar-refractivity contribution in [2.75, 3.05) is 11.9 Å². The van der Waals surface area contributed by atoms with E-state index < -0.39 is 6.10 Å². The maximum atomic E-state index is 13.5. The van der Waals surface area contributed by atoms with Crippen molar-refractivity contribution in [2.24, 2.45) is 0 Å². The molecule has 0 unspecified atom stereocenters. The van der Waals surface area contributed by atoms with Crippen LogP contribution in [-0.4, -0.2) is 62.6 Å². The smallest absolute Gasteiger partial charge is 0.280 e. The first kappa shape index (κ1) is 24.6. The highest BCUT2D eigenvalue weighted by Crippen LogP contribution is 2.35. The first-order valence-corrected chi connectivity index (χ1v) is 13.1. The van der Waals surface area contributed by atoms with E-state index in [1.54, 1.807) is 6.20 Å². The molecule has 34 heavy (non-hydrogen) atoms. The summed E-state index contributed by atoms with van der Waals surface area (Å²) in [6, 6.07) is 2.15. The minimum Gasteiger partial charge on any atom is -0.391 e. The van der Waals surface area contributed by atoms with Gasteiger partial charge in [-0.25, -0.2) is 9.97 Å². The summed E-state index contributed by atoms with van der Waals surface area (Å²) in [5, 5.41) is 16.7. The molecule has 4 atom stereocenters. The summed E-state index contributed by atoms with van der Waals surface area (Å²) in [6.07, 6.45) is 6.46. The number of aromatic nitrogens is 2. The van der Waals surface area contributed by atoms with Crippen LogP contribution in [0.4, 0.5) is 5.82 Å². The molecule has 3 N–H and O–H groups in total. The molecule has 1 aliphatic carbocycles. The fourth-order valence-electron chi connectivity index (χ4n) is 4.68. The summed E-state index contributed by atoms with van der Waals surface area (Å²) < 4.78 is 0. The Morgan fingerprint density at radius 1 is 1.29 bits per heavy atom. The van der Waals surface area contributed by atoms with Crippen molar-refractivity contribution in [3.63, 3.8) is 0 Å². The number of nitrogens with one attached hydrogen (secondary N) is 2. The molecule has 9 heteroatoms. The number of aryl methyl sites for hydroxylation is 1. The Hall–Kier alpha value is -2.52. The fraction of sp³-hybridized carbons (Fsp3) is 0.600. The quantitative estimate of drug-likeness (QED) is 0.547. The number of anilines is 1. The van der Waals surface area contributed by atoms with Gasteiger partial charge < -0.3 is 20.6 Å². The van der Waals surface area contributed by atoms with Gasteiger partial charge in [-0.2, -0.15) is 0 Å². The lowest BCUT2D eigenvalue weighted by atomic mass is 10.1. The van der Waals surface area contributed by atoms with E-state index in [9.17, 15) is 14.7 Å². The van der Waals surface area contributed by atoms with Crippen molar-refractivity contribution in [2.45, 2.75) is 90.4 Å².